The monoisotopic (exact) mass is 393 g/mol. The van der Waals surface area contributed by atoms with Crippen LogP contribution < -0.4 is 10.6 Å². The van der Waals surface area contributed by atoms with Gasteiger partial charge in [-0.15, -0.1) is 0 Å². The average molecular weight is 394 g/mol. The summed E-state index contributed by atoms with van der Waals surface area (Å²) in [5.74, 6) is -0.656. The van der Waals surface area contributed by atoms with Crippen molar-refractivity contribution in [3.05, 3.63) is 69.7 Å². The zero-order valence-electron chi connectivity index (χ0n) is 14.6. The third-order valence-electron chi connectivity index (χ3n) is 3.68. The van der Waals surface area contributed by atoms with Crippen LogP contribution in [0.4, 0.5) is 0 Å². The molecule has 0 unspecified atom stereocenters. The topological polar surface area (TPSA) is 61.4 Å². The standard InChI is InChI=1S/C19H21Cl2N3O2/c1-24(2)12-17(13-6-4-3-5-7-13)23-18(25)11-22-19(26)14-8-9-15(20)16(21)10-14/h3-10,17H,11-12H2,1-2H3,(H,22,26)(H,23,25)/t17-/m0/s1. The van der Waals surface area contributed by atoms with E-state index in [9.17, 15) is 9.59 Å². The molecule has 7 heteroatoms. The molecule has 2 N–H and O–H groups in total. The molecular weight excluding hydrogens is 373 g/mol. The molecule has 0 heterocycles. The van der Waals surface area contributed by atoms with Crippen LogP contribution in [0.2, 0.25) is 10.0 Å². The molecular formula is C19H21Cl2N3O2. The van der Waals surface area contributed by atoms with Crippen molar-refractivity contribution in [2.75, 3.05) is 27.2 Å². The molecule has 26 heavy (non-hydrogen) atoms. The number of carbonyl (C=O) groups excluding carboxylic acids is 2. The number of carbonyl (C=O) groups is 2. The second-order valence-corrected chi connectivity index (χ2v) is 6.92. The highest BCUT2D eigenvalue weighted by atomic mass is 35.5. The smallest absolute Gasteiger partial charge is 0.251 e. The van der Waals surface area contributed by atoms with Crippen LogP contribution in [-0.2, 0) is 4.79 Å². The van der Waals surface area contributed by atoms with Crippen LogP contribution in [0.5, 0.6) is 0 Å². The van der Waals surface area contributed by atoms with Crippen LogP contribution in [0, 0.1) is 0 Å². The quantitative estimate of drug-likeness (QED) is 0.759. The summed E-state index contributed by atoms with van der Waals surface area (Å²) in [6, 6.07) is 14.1. The number of rotatable bonds is 7. The third kappa shape index (κ3) is 6.02. The van der Waals surface area contributed by atoms with E-state index < -0.39 is 0 Å². The molecule has 5 nitrogen and oxygen atoms in total. The Balaban J connectivity index is 1.95. The van der Waals surface area contributed by atoms with Gasteiger partial charge in [-0.25, -0.2) is 0 Å². The van der Waals surface area contributed by atoms with Crippen molar-refractivity contribution in [3.63, 3.8) is 0 Å². The minimum absolute atomic E-state index is 0.129. The fourth-order valence-corrected chi connectivity index (χ4v) is 2.73. The first-order valence-electron chi connectivity index (χ1n) is 8.09. The van der Waals surface area contributed by atoms with Gasteiger partial charge in [0.05, 0.1) is 22.6 Å². The van der Waals surface area contributed by atoms with E-state index in [1.165, 1.54) is 6.07 Å². The molecule has 2 aromatic rings. The van der Waals surface area contributed by atoms with Crippen molar-refractivity contribution < 1.29 is 9.59 Å². The fraction of sp³-hybridized carbons (Fsp3) is 0.263. The second-order valence-electron chi connectivity index (χ2n) is 6.10. The van der Waals surface area contributed by atoms with Crippen molar-refractivity contribution in [1.29, 1.82) is 0 Å². The molecule has 0 spiro atoms. The molecule has 0 saturated heterocycles. The number of nitrogens with zero attached hydrogens (tertiary/aromatic N) is 1. The van der Waals surface area contributed by atoms with E-state index in [-0.39, 0.29) is 24.4 Å². The molecule has 0 bridgehead atoms. The SMILES string of the molecule is CN(C)C[C@H](NC(=O)CNC(=O)c1ccc(Cl)c(Cl)c1)c1ccccc1. The van der Waals surface area contributed by atoms with Gasteiger partial charge in [-0.3, -0.25) is 9.59 Å². The van der Waals surface area contributed by atoms with Gasteiger partial charge in [0.1, 0.15) is 0 Å². The van der Waals surface area contributed by atoms with Gasteiger partial charge < -0.3 is 15.5 Å². The average Bonchev–Trinajstić information content (AvgIpc) is 2.62. The maximum absolute atomic E-state index is 12.3. The minimum Gasteiger partial charge on any atom is -0.346 e. The number of likely N-dealkylation sites (N-methyl/N-ethyl adjacent to an activating group) is 1. The van der Waals surface area contributed by atoms with E-state index in [0.717, 1.165) is 5.56 Å². The predicted molar refractivity (Wildman–Crippen MR) is 105 cm³/mol. The largest absolute Gasteiger partial charge is 0.346 e. The predicted octanol–water partition coefficient (Wildman–Crippen LogP) is 3.14. The molecule has 2 amide bonds. The highest BCUT2D eigenvalue weighted by molar-refractivity contribution is 6.42. The maximum Gasteiger partial charge on any atom is 0.251 e. The number of hydrogen-bond acceptors (Lipinski definition) is 3. The lowest BCUT2D eigenvalue weighted by Crippen LogP contribution is -2.41. The van der Waals surface area contributed by atoms with Gasteiger partial charge in [0.2, 0.25) is 5.91 Å². The first kappa shape index (κ1) is 20.2. The Labute approximate surface area is 163 Å². The number of benzene rings is 2. The fourth-order valence-electron chi connectivity index (χ4n) is 2.43. The molecule has 0 aliphatic rings. The van der Waals surface area contributed by atoms with Gasteiger partial charge in [-0.2, -0.15) is 0 Å². The minimum atomic E-state index is -0.386. The molecule has 0 fully saturated rings. The maximum atomic E-state index is 12.3. The summed E-state index contributed by atoms with van der Waals surface area (Å²) in [6.07, 6.45) is 0. The number of amides is 2. The van der Waals surface area contributed by atoms with Crippen molar-refractivity contribution in [2.45, 2.75) is 6.04 Å². The van der Waals surface area contributed by atoms with E-state index >= 15 is 0 Å². The van der Waals surface area contributed by atoms with Crippen LogP contribution in [0.15, 0.2) is 48.5 Å². The summed E-state index contributed by atoms with van der Waals surface area (Å²) >= 11 is 11.7. The highest BCUT2D eigenvalue weighted by Crippen LogP contribution is 2.22. The first-order valence-corrected chi connectivity index (χ1v) is 8.84. The van der Waals surface area contributed by atoms with Gasteiger partial charge in [0, 0.05) is 12.1 Å². The van der Waals surface area contributed by atoms with Crippen molar-refractivity contribution in [1.82, 2.24) is 15.5 Å². The Morgan fingerprint density at radius 3 is 2.35 bits per heavy atom. The van der Waals surface area contributed by atoms with Crippen LogP contribution in [0.1, 0.15) is 22.0 Å². The van der Waals surface area contributed by atoms with E-state index in [4.69, 9.17) is 23.2 Å². The number of halogens is 2. The van der Waals surface area contributed by atoms with Crippen molar-refractivity contribution in [3.8, 4) is 0 Å². The van der Waals surface area contributed by atoms with Gasteiger partial charge in [0.25, 0.3) is 5.91 Å². The molecule has 0 saturated carbocycles. The Morgan fingerprint density at radius 1 is 1.04 bits per heavy atom. The summed E-state index contributed by atoms with van der Waals surface area (Å²) < 4.78 is 0. The van der Waals surface area contributed by atoms with Gasteiger partial charge >= 0.3 is 0 Å². The lowest BCUT2D eigenvalue weighted by atomic mass is 10.1. The Bertz CT molecular complexity index is 767. The van der Waals surface area contributed by atoms with Crippen LogP contribution in [0.25, 0.3) is 0 Å². The molecule has 138 valence electrons. The summed E-state index contributed by atoms with van der Waals surface area (Å²) in [7, 11) is 3.88. The summed E-state index contributed by atoms with van der Waals surface area (Å²) in [5.41, 5.74) is 1.35. The molecule has 1 atom stereocenters. The Hall–Kier alpha value is -2.08. The Kier molecular flexibility index (Phi) is 7.45. The Morgan fingerprint density at radius 2 is 1.73 bits per heavy atom. The van der Waals surface area contributed by atoms with Gasteiger partial charge in [-0.05, 0) is 37.9 Å². The van der Waals surface area contributed by atoms with E-state index in [1.807, 2.05) is 49.3 Å². The molecule has 2 aromatic carbocycles. The molecule has 2 rings (SSSR count). The van der Waals surface area contributed by atoms with Crippen molar-refractivity contribution in [2.24, 2.45) is 0 Å². The van der Waals surface area contributed by atoms with E-state index in [1.54, 1.807) is 12.1 Å². The highest BCUT2D eigenvalue weighted by Gasteiger charge is 2.16. The van der Waals surface area contributed by atoms with Crippen molar-refractivity contribution >= 4 is 35.0 Å². The third-order valence-corrected chi connectivity index (χ3v) is 4.42. The van der Waals surface area contributed by atoms with Gasteiger partial charge in [0.15, 0.2) is 0 Å². The summed E-state index contributed by atoms with van der Waals surface area (Å²) in [4.78, 5) is 26.4. The summed E-state index contributed by atoms with van der Waals surface area (Å²) in [6.45, 7) is 0.520. The second kappa shape index (κ2) is 9.57. The molecule has 0 radical (unpaired) electrons. The number of hydrogen-bond donors (Lipinski definition) is 2. The molecule has 0 aliphatic carbocycles. The molecule has 0 aliphatic heterocycles. The summed E-state index contributed by atoms with van der Waals surface area (Å²) in [5, 5.41) is 6.20. The van der Waals surface area contributed by atoms with E-state index in [0.29, 0.717) is 22.2 Å². The first-order chi connectivity index (χ1) is 12.4. The van der Waals surface area contributed by atoms with Crippen LogP contribution in [0.3, 0.4) is 0 Å². The number of nitrogens with one attached hydrogen (secondary N) is 2. The van der Waals surface area contributed by atoms with Crippen LogP contribution >= 0.6 is 23.2 Å². The normalized spacial score (nSPS) is 11.9. The zero-order chi connectivity index (χ0) is 19.1. The van der Waals surface area contributed by atoms with Crippen LogP contribution in [-0.4, -0.2) is 43.9 Å². The lowest BCUT2D eigenvalue weighted by molar-refractivity contribution is -0.121. The molecule has 0 aromatic heterocycles. The van der Waals surface area contributed by atoms with E-state index in [2.05, 4.69) is 10.6 Å². The zero-order valence-corrected chi connectivity index (χ0v) is 16.1. The van der Waals surface area contributed by atoms with Gasteiger partial charge in [-0.1, -0.05) is 53.5 Å². The lowest BCUT2D eigenvalue weighted by Gasteiger charge is -2.23.